The number of carbonyl (C=O) groups is 1. The van der Waals surface area contributed by atoms with Crippen LogP contribution in [0.4, 0.5) is 11.7 Å². The van der Waals surface area contributed by atoms with E-state index in [1.54, 1.807) is 53.4 Å². The van der Waals surface area contributed by atoms with Crippen LogP contribution in [0.1, 0.15) is 10.4 Å². The van der Waals surface area contributed by atoms with Crippen LogP contribution in [-0.4, -0.2) is 55.4 Å². The van der Waals surface area contributed by atoms with Crippen molar-refractivity contribution in [3.63, 3.8) is 0 Å². The molecule has 0 radical (unpaired) electrons. The lowest BCUT2D eigenvalue weighted by Crippen LogP contribution is -2.48. The average molecular weight is 498 g/mol. The van der Waals surface area contributed by atoms with E-state index in [1.807, 2.05) is 11.0 Å². The van der Waals surface area contributed by atoms with E-state index in [-0.39, 0.29) is 10.9 Å². The lowest BCUT2D eigenvalue weighted by molar-refractivity contribution is 0.0745. The van der Waals surface area contributed by atoms with Crippen LogP contribution in [0.5, 0.6) is 0 Å². The van der Waals surface area contributed by atoms with E-state index in [0.29, 0.717) is 54.1 Å². The number of nitrogens with one attached hydrogen (secondary N) is 1. The number of piperazine rings is 1. The molecule has 1 N–H and O–H groups in total. The van der Waals surface area contributed by atoms with Crippen LogP contribution < -0.4 is 9.62 Å². The maximum absolute atomic E-state index is 12.9. The van der Waals surface area contributed by atoms with Gasteiger partial charge in [-0.15, -0.1) is 0 Å². The maximum Gasteiger partial charge on any atom is 0.298 e. The lowest BCUT2D eigenvalue weighted by Gasteiger charge is -2.33. The van der Waals surface area contributed by atoms with Crippen molar-refractivity contribution in [2.75, 3.05) is 35.8 Å². The normalized spacial score (nSPS) is 14.4. The molecule has 0 bridgehead atoms. The highest BCUT2D eigenvalue weighted by Crippen LogP contribution is 2.25. The summed E-state index contributed by atoms with van der Waals surface area (Å²) in [7, 11) is -3.80. The zero-order valence-corrected chi connectivity index (χ0v) is 19.5. The minimum atomic E-state index is -3.80. The van der Waals surface area contributed by atoms with Crippen molar-refractivity contribution in [1.29, 1.82) is 0 Å². The maximum atomic E-state index is 12.9. The Bertz CT molecular complexity index is 1430. The van der Waals surface area contributed by atoms with Gasteiger partial charge in [-0.05, 0) is 48.5 Å². The van der Waals surface area contributed by atoms with Crippen molar-refractivity contribution < 1.29 is 17.6 Å². The van der Waals surface area contributed by atoms with Gasteiger partial charge in [0.25, 0.3) is 21.9 Å². The van der Waals surface area contributed by atoms with Crippen LogP contribution in [0.3, 0.4) is 0 Å². The summed E-state index contributed by atoms with van der Waals surface area (Å²) in [5.41, 5.74) is 2.19. The number of hydrogen-bond donors (Lipinski definition) is 1. The SMILES string of the molecule is O=C(c1ccc(NS(=O)(=O)c2ccccn2)cc1)N1CCN(c2nc3ccc(Cl)cc3o2)CC1. The van der Waals surface area contributed by atoms with Gasteiger partial charge >= 0.3 is 0 Å². The summed E-state index contributed by atoms with van der Waals surface area (Å²) in [6, 6.07) is 16.8. The van der Waals surface area contributed by atoms with Crippen LogP contribution in [0.2, 0.25) is 5.02 Å². The fraction of sp³-hybridized carbons (Fsp3) is 0.174. The molecular formula is C23H20ClN5O4S. The molecule has 4 aromatic rings. The molecule has 1 saturated heterocycles. The summed E-state index contributed by atoms with van der Waals surface area (Å²) < 4.78 is 33.1. The van der Waals surface area contributed by atoms with Crippen LogP contribution >= 0.6 is 11.6 Å². The number of benzene rings is 2. The first-order chi connectivity index (χ1) is 16.4. The summed E-state index contributed by atoms with van der Waals surface area (Å²) in [6.45, 7) is 2.17. The fourth-order valence-electron chi connectivity index (χ4n) is 3.70. The molecule has 34 heavy (non-hydrogen) atoms. The molecule has 0 aliphatic carbocycles. The molecule has 11 heteroatoms. The molecule has 3 heterocycles. The van der Waals surface area contributed by atoms with Crippen LogP contribution in [0.15, 0.2) is 76.3 Å². The van der Waals surface area contributed by atoms with Crippen molar-refractivity contribution in [1.82, 2.24) is 14.9 Å². The molecule has 2 aromatic heterocycles. The average Bonchev–Trinajstić information content (AvgIpc) is 3.28. The fourth-order valence-corrected chi connectivity index (χ4v) is 4.87. The summed E-state index contributed by atoms with van der Waals surface area (Å²) in [4.78, 5) is 25.1. The molecule has 5 rings (SSSR count). The number of sulfonamides is 1. The summed E-state index contributed by atoms with van der Waals surface area (Å²) in [6.07, 6.45) is 1.41. The van der Waals surface area contributed by atoms with Gasteiger partial charge in [0, 0.05) is 54.7 Å². The summed E-state index contributed by atoms with van der Waals surface area (Å²) in [5.74, 6) is -0.122. The van der Waals surface area contributed by atoms with E-state index in [1.165, 1.54) is 12.3 Å². The van der Waals surface area contributed by atoms with E-state index in [2.05, 4.69) is 14.7 Å². The topological polar surface area (TPSA) is 109 Å². The molecule has 1 fully saturated rings. The van der Waals surface area contributed by atoms with Crippen molar-refractivity contribution in [3.8, 4) is 0 Å². The second-order valence-corrected chi connectivity index (χ2v) is 9.80. The van der Waals surface area contributed by atoms with Crippen LogP contribution in [0, 0.1) is 0 Å². The van der Waals surface area contributed by atoms with Gasteiger partial charge in [-0.3, -0.25) is 9.52 Å². The minimum absolute atomic E-state index is 0.0740. The third-order valence-electron chi connectivity index (χ3n) is 5.47. The summed E-state index contributed by atoms with van der Waals surface area (Å²) in [5, 5.41) is 0.510. The molecule has 1 aliphatic heterocycles. The molecule has 0 saturated carbocycles. The highest BCUT2D eigenvalue weighted by Gasteiger charge is 2.25. The highest BCUT2D eigenvalue weighted by atomic mass is 35.5. The number of carbonyl (C=O) groups excluding carboxylic acids is 1. The number of pyridine rings is 1. The third kappa shape index (κ3) is 4.55. The molecule has 0 unspecified atom stereocenters. The molecule has 9 nitrogen and oxygen atoms in total. The number of anilines is 2. The summed E-state index contributed by atoms with van der Waals surface area (Å²) >= 11 is 6.01. The Morgan fingerprint density at radius 1 is 1.00 bits per heavy atom. The zero-order valence-electron chi connectivity index (χ0n) is 17.9. The van der Waals surface area contributed by atoms with Gasteiger partial charge in [0.2, 0.25) is 0 Å². The third-order valence-corrected chi connectivity index (χ3v) is 7.01. The Morgan fingerprint density at radius 3 is 2.47 bits per heavy atom. The first kappa shape index (κ1) is 22.2. The number of oxazole rings is 1. The predicted octanol–water partition coefficient (Wildman–Crippen LogP) is 3.64. The van der Waals surface area contributed by atoms with Gasteiger partial charge in [0.1, 0.15) is 5.52 Å². The van der Waals surface area contributed by atoms with E-state index in [4.69, 9.17) is 16.0 Å². The smallest absolute Gasteiger partial charge is 0.298 e. The molecule has 1 aliphatic rings. The molecule has 1 amide bonds. The zero-order chi connectivity index (χ0) is 23.7. The lowest BCUT2D eigenvalue weighted by atomic mass is 10.1. The predicted molar refractivity (Wildman–Crippen MR) is 129 cm³/mol. The van der Waals surface area contributed by atoms with Crippen molar-refractivity contribution >= 4 is 50.3 Å². The highest BCUT2D eigenvalue weighted by molar-refractivity contribution is 7.92. The number of hydrogen-bond acceptors (Lipinski definition) is 7. The Labute approximate surface area is 201 Å². The van der Waals surface area contributed by atoms with Gasteiger partial charge < -0.3 is 14.2 Å². The first-order valence-electron chi connectivity index (χ1n) is 10.5. The molecule has 2 aromatic carbocycles. The van der Waals surface area contributed by atoms with Crippen LogP contribution in [0.25, 0.3) is 11.1 Å². The number of fused-ring (bicyclic) bond motifs is 1. The van der Waals surface area contributed by atoms with Gasteiger partial charge in [0.15, 0.2) is 10.6 Å². The number of rotatable bonds is 5. The molecule has 0 atom stereocenters. The van der Waals surface area contributed by atoms with Crippen molar-refractivity contribution in [3.05, 3.63) is 77.4 Å². The number of amides is 1. The van der Waals surface area contributed by atoms with Gasteiger partial charge in [-0.1, -0.05) is 17.7 Å². The van der Waals surface area contributed by atoms with E-state index < -0.39 is 10.0 Å². The van der Waals surface area contributed by atoms with E-state index in [0.717, 1.165) is 5.52 Å². The van der Waals surface area contributed by atoms with Gasteiger partial charge in [-0.2, -0.15) is 13.4 Å². The van der Waals surface area contributed by atoms with Gasteiger partial charge in [0.05, 0.1) is 0 Å². The number of nitrogens with zero attached hydrogens (tertiary/aromatic N) is 4. The van der Waals surface area contributed by atoms with Crippen molar-refractivity contribution in [2.45, 2.75) is 5.03 Å². The Morgan fingerprint density at radius 2 is 1.76 bits per heavy atom. The minimum Gasteiger partial charge on any atom is -0.423 e. The van der Waals surface area contributed by atoms with Gasteiger partial charge in [-0.25, -0.2) is 4.98 Å². The number of halogens is 1. The van der Waals surface area contributed by atoms with E-state index in [9.17, 15) is 13.2 Å². The molecule has 0 spiro atoms. The van der Waals surface area contributed by atoms with E-state index >= 15 is 0 Å². The Kier molecular flexibility index (Phi) is 5.84. The second-order valence-electron chi connectivity index (χ2n) is 7.74. The monoisotopic (exact) mass is 497 g/mol. The van der Waals surface area contributed by atoms with Crippen LogP contribution in [-0.2, 0) is 10.0 Å². The van der Waals surface area contributed by atoms with Crippen molar-refractivity contribution in [2.24, 2.45) is 0 Å². The standard InChI is InChI=1S/C23H20ClN5O4S/c24-17-6-9-19-20(15-17)33-23(26-19)29-13-11-28(12-14-29)22(30)16-4-7-18(8-5-16)27-34(31,32)21-3-1-2-10-25-21/h1-10,15,27H,11-14H2. The quantitative estimate of drug-likeness (QED) is 0.448. The largest absolute Gasteiger partial charge is 0.423 e. The Balaban J connectivity index is 1.21. The first-order valence-corrected chi connectivity index (χ1v) is 12.4. The molecular weight excluding hydrogens is 478 g/mol. The second kappa shape index (κ2) is 8.96. The molecule has 174 valence electrons. The number of aromatic nitrogens is 2. The Hall–Kier alpha value is -3.63.